The molecule has 0 aromatic carbocycles. The van der Waals surface area contributed by atoms with Gasteiger partial charge in [-0.05, 0) is 18.8 Å². The maximum Gasteiger partial charge on any atom is 0.307 e. The van der Waals surface area contributed by atoms with E-state index in [9.17, 15) is 14.9 Å². The quantitative estimate of drug-likeness (QED) is 0.634. The average molecular weight is 281 g/mol. The summed E-state index contributed by atoms with van der Waals surface area (Å²) in [6, 6.07) is 0.0526. The first-order valence-electron chi connectivity index (χ1n) is 6.67. The van der Waals surface area contributed by atoms with Crippen molar-refractivity contribution < 1.29 is 9.72 Å². The van der Waals surface area contributed by atoms with Gasteiger partial charge in [0.1, 0.15) is 18.9 Å². The second-order valence-corrected chi connectivity index (χ2v) is 5.26. The monoisotopic (exact) mass is 281 g/mol. The van der Waals surface area contributed by atoms with Crippen LogP contribution < -0.4 is 5.73 Å². The Labute approximate surface area is 116 Å². The number of amides is 1. The van der Waals surface area contributed by atoms with E-state index < -0.39 is 4.92 Å². The van der Waals surface area contributed by atoms with Crippen LogP contribution in [0.1, 0.15) is 19.8 Å². The van der Waals surface area contributed by atoms with Gasteiger partial charge in [-0.3, -0.25) is 19.6 Å². The molecule has 110 valence electrons. The summed E-state index contributed by atoms with van der Waals surface area (Å²) in [5.41, 5.74) is 5.61. The van der Waals surface area contributed by atoms with Crippen molar-refractivity contribution in [3.63, 3.8) is 0 Å². The maximum atomic E-state index is 12.3. The number of nitro groups is 1. The Balaban J connectivity index is 2.01. The minimum atomic E-state index is -0.529. The fraction of sp³-hybridized carbons (Fsp3) is 0.667. The number of aromatic nitrogens is 2. The number of piperidine rings is 1. The molecule has 2 unspecified atom stereocenters. The molecule has 2 rings (SSSR count). The molecule has 1 aromatic rings. The van der Waals surface area contributed by atoms with Crippen molar-refractivity contribution >= 4 is 11.6 Å². The number of carbonyl (C=O) groups excluding carboxylic acids is 1. The first kappa shape index (κ1) is 14.4. The van der Waals surface area contributed by atoms with Crippen LogP contribution in [0.25, 0.3) is 0 Å². The van der Waals surface area contributed by atoms with Crippen molar-refractivity contribution in [2.45, 2.75) is 32.4 Å². The highest BCUT2D eigenvalue weighted by atomic mass is 16.6. The summed E-state index contributed by atoms with van der Waals surface area (Å²) < 4.78 is 1.30. The lowest BCUT2D eigenvalue weighted by Gasteiger charge is -2.38. The molecule has 8 heteroatoms. The van der Waals surface area contributed by atoms with Crippen molar-refractivity contribution in [3.05, 3.63) is 22.5 Å². The normalized spacial score (nSPS) is 22.8. The summed E-state index contributed by atoms with van der Waals surface area (Å²) in [6.07, 6.45) is 4.27. The van der Waals surface area contributed by atoms with Gasteiger partial charge in [-0.25, -0.2) is 0 Å². The Morgan fingerprint density at radius 2 is 2.40 bits per heavy atom. The van der Waals surface area contributed by atoms with Crippen LogP contribution in [-0.4, -0.2) is 44.6 Å². The Bertz CT molecular complexity index is 501. The molecule has 0 radical (unpaired) electrons. The van der Waals surface area contributed by atoms with Crippen LogP contribution in [0.5, 0.6) is 0 Å². The molecular formula is C12H19N5O3. The van der Waals surface area contributed by atoms with E-state index in [1.807, 2.05) is 0 Å². The highest BCUT2D eigenvalue weighted by Crippen LogP contribution is 2.22. The molecule has 0 saturated carbocycles. The van der Waals surface area contributed by atoms with Crippen LogP contribution in [0.3, 0.4) is 0 Å². The Morgan fingerprint density at radius 1 is 1.65 bits per heavy atom. The van der Waals surface area contributed by atoms with Gasteiger partial charge in [-0.2, -0.15) is 5.10 Å². The molecule has 0 spiro atoms. The minimum absolute atomic E-state index is 0.0126. The zero-order chi connectivity index (χ0) is 14.7. The third-order valence-corrected chi connectivity index (χ3v) is 3.70. The van der Waals surface area contributed by atoms with Crippen LogP contribution in [0, 0.1) is 16.0 Å². The van der Waals surface area contributed by atoms with E-state index in [0.717, 1.165) is 19.0 Å². The number of hydrogen-bond acceptors (Lipinski definition) is 5. The van der Waals surface area contributed by atoms with E-state index >= 15 is 0 Å². The van der Waals surface area contributed by atoms with Crippen LogP contribution in [0.2, 0.25) is 0 Å². The first-order chi connectivity index (χ1) is 9.51. The van der Waals surface area contributed by atoms with Gasteiger partial charge in [-0.15, -0.1) is 0 Å². The summed E-state index contributed by atoms with van der Waals surface area (Å²) >= 11 is 0. The topological polar surface area (TPSA) is 107 Å². The van der Waals surface area contributed by atoms with Gasteiger partial charge in [-0.1, -0.05) is 6.92 Å². The van der Waals surface area contributed by atoms with Gasteiger partial charge >= 0.3 is 5.69 Å². The third kappa shape index (κ3) is 3.13. The number of carbonyl (C=O) groups is 1. The lowest BCUT2D eigenvalue weighted by Crippen LogP contribution is -2.50. The Morgan fingerprint density at radius 3 is 3.00 bits per heavy atom. The van der Waals surface area contributed by atoms with E-state index in [1.54, 1.807) is 4.90 Å². The number of hydrogen-bond donors (Lipinski definition) is 1. The van der Waals surface area contributed by atoms with E-state index in [4.69, 9.17) is 5.73 Å². The zero-order valence-electron chi connectivity index (χ0n) is 11.4. The fourth-order valence-electron chi connectivity index (χ4n) is 2.57. The minimum Gasteiger partial charge on any atom is -0.337 e. The van der Waals surface area contributed by atoms with E-state index in [-0.39, 0.29) is 24.2 Å². The SMILES string of the molecule is CC1CCN(C(=O)Cn2cc([N+](=O)[O-])cn2)C(CN)C1. The van der Waals surface area contributed by atoms with E-state index in [2.05, 4.69) is 12.0 Å². The third-order valence-electron chi connectivity index (χ3n) is 3.70. The highest BCUT2D eigenvalue weighted by Gasteiger charge is 2.29. The Kier molecular flexibility index (Phi) is 4.33. The number of nitrogens with zero attached hydrogens (tertiary/aromatic N) is 4. The van der Waals surface area contributed by atoms with E-state index in [0.29, 0.717) is 19.0 Å². The van der Waals surface area contributed by atoms with Crippen molar-refractivity contribution in [2.75, 3.05) is 13.1 Å². The number of nitrogens with two attached hydrogens (primary N) is 1. The molecule has 1 aromatic heterocycles. The highest BCUT2D eigenvalue weighted by molar-refractivity contribution is 5.76. The predicted octanol–water partition coefficient (Wildman–Crippen LogP) is 0.377. The van der Waals surface area contributed by atoms with Gasteiger partial charge in [0, 0.05) is 19.1 Å². The molecule has 0 bridgehead atoms. The largest absolute Gasteiger partial charge is 0.337 e. The predicted molar refractivity (Wildman–Crippen MR) is 71.8 cm³/mol. The van der Waals surface area contributed by atoms with Crippen molar-refractivity contribution in [3.8, 4) is 0 Å². The lowest BCUT2D eigenvalue weighted by molar-refractivity contribution is -0.385. The van der Waals surface area contributed by atoms with Gasteiger partial charge in [0.05, 0.1) is 4.92 Å². The van der Waals surface area contributed by atoms with Gasteiger partial charge in [0.2, 0.25) is 5.91 Å². The molecule has 1 aliphatic rings. The molecule has 20 heavy (non-hydrogen) atoms. The second-order valence-electron chi connectivity index (χ2n) is 5.26. The molecule has 8 nitrogen and oxygen atoms in total. The Hall–Kier alpha value is -1.96. The number of likely N-dealkylation sites (tertiary alicyclic amines) is 1. The first-order valence-corrected chi connectivity index (χ1v) is 6.67. The lowest BCUT2D eigenvalue weighted by atomic mass is 9.92. The van der Waals surface area contributed by atoms with Gasteiger partial charge in [0.25, 0.3) is 0 Å². The molecule has 1 amide bonds. The number of rotatable bonds is 4. The molecule has 1 saturated heterocycles. The second kappa shape index (κ2) is 6.00. The van der Waals surface area contributed by atoms with Crippen LogP contribution in [0.15, 0.2) is 12.4 Å². The smallest absolute Gasteiger partial charge is 0.307 e. The molecule has 0 aliphatic carbocycles. The molecular weight excluding hydrogens is 262 g/mol. The van der Waals surface area contributed by atoms with Crippen LogP contribution >= 0.6 is 0 Å². The van der Waals surface area contributed by atoms with Crippen LogP contribution in [0.4, 0.5) is 5.69 Å². The van der Waals surface area contributed by atoms with Gasteiger partial charge in [0.15, 0.2) is 0 Å². The summed E-state index contributed by atoms with van der Waals surface area (Å²) in [5, 5.41) is 14.4. The molecule has 1 aliphatic heterocycles. The molecule has 2 N–H and O–H groups in total. The van der Waals surface area contributed by atoms with Gasteiger partial charge < -0.3 is 10.6 Å². The zero-order valence-corrected chi connectivity index (χ0v) is 11.4. The van der Waals surface area contributed by atoms with Crippen LogP contribution in [-0.2, 0) is 11.3 Å². The summed E-state index contributed by atoms with van der Waals surface area (Å²) in [4.78, 5) is 24.1. The van der Waals surface area contributed by atoms with Crippen molar-refractivity contribution in [1.82, 2.24) is 14.7 Å². The van der Waals surface area contributed by atoms with Crippen molar-refractivity contribution in [2.24, 2.45) is 11.7 Å². The standard InChI is InChI=1S/C12H19N5O3/c1-9-2-3-16(10(4-9)5-13)12(18)8-15-7-11(6-14-15)17(19)20/h6-7,9-10H,2-5,8,13H2,1H3. The fourth-order valence-corrected chi connectivity index (χ4v) is 2.57. The molecule has 2 heterocycles. The molecule has 1 fully saturated rings. The van der Waals surface area contributed by atoms with E-state index in [1.165, 1.54) is 10.9 Å². The maximum absolute atomic E-state index is 12.3. The molecule has 2 atom stereocenters. The summed E-state index contributed by atoms with van der Waals surface area (Å²) in [7, 11) is 0. The average Bonchev–Trinajstić information content (AvgIpc) is 2.87. The summed E-state index contributed by atoms with van der Waals surface area (Å²) in [5.74, 6) is 0.476. The van der Waals surface area contributed by atoms with Crippen molar-refractivity contribution in [1.29, 1.82) is 0 Å². The summed E-state index contributed by atoms with van der Waals surface area (Å²) in [6.45, 7) is 3.29.